The lowest BCUT2D eigenvalue weighted by Crippen LogP contribution is -2.45. The summed E-state index contributed by atoms with van der Waals surface area (Å²) in [4.78, 5) is 27.1. The van der Waals surface area contributed by atoms with E-state index in [-0.39, 0.29) is 17.4 Å². The molecule has 6 nitrogen and oxygen atoms in total. The first kappa shape index (κ1) is 14.9. The van der Waals surface area contributed by atoms with Crippen LogP contribution in [0.15, 0.2) is 18.3 Å². The SMILES string of the molecule is CCC(C)C(NC(=O)c1cccnc1OC)C(=O)O. The van der Waals surface area contributed by atoms with Gasteiger partial charge in [0.1, 0.15) is 11.6 Å². The predicted molar refractivity (Wildman–Crippen MR) is 69.1 cm³/mol. The van der Waals surface area contributed by atoms with Crippen molar-refractivity contribution in [2.24, 2.45) is 5.92 Å². The standard InChI is InChI=1S/C13H18N2O4/c1-4-8(2)10(13(17)18)15-11(16)9-6-5-7-14-12(9)19-3/h5-8,10H,4H2,1-3H3,(H,15,16)(H,17,18). The molecular weight excluding hydrogens is 248 g/mol. The molecule has 0 radical (unpaired) electrons. The summed E-state index contributed by atoms with van der Waals surface area (Å²) in [5.41, 5.74) is 0.222. The molecule has 1 aromatic rings. The van der Waals surface area contributed by atoms with Crippen molar-refractivity contribution in [3.63, 3.8) is 0 Å². The van der Waals surface area contributed by atoms with Crippen LogP contribution in [0.25, 0.3) is 0 Å². The first-order valence-electron chi connectivity index (χ1n) is 6.03. The second-order valence-electron chi connectivity index (χ2n) is 4.24. The van der Waals surface area contributed by atoms with Crippen LogP contribution < -0.4 is 10.1 Å². The highest BCUT2D eigenvalue weighted by Crippen LogP contribution is 2.15. The number of carboxylic acid groups (broad SMARTS) is 1. The minimum absolute atomic E-state index is 0.163. The summed E-state index contributed by atoms with van der Waals surface area (Å²) in [6.45, 7) is 3.65. The van der Waals surface area contributed by atoms with Crippen LogP contribution in [0.3, 0.4) is 0 Å². The molecule has 6 heteroatoms. The summed E-state index contributed by atoms with van der Waals surface area (Å²) in [6.07, 6.45) is 2.15. The Bertz CT molecular complexity index is 462. The van der Waals surface area contributed by atoms with Crippen molar-refractivity contribution in [2.45, 2.75) is 26.3 Å². The molecule has 0 spiro atoms. The van der Waals surface area contributed by atoms with Gasteiger partial charge in [-0.1, -0.05) is 20.3 Å². The summed E-state index contributed by atoms with van der Waals surface area (Å²) in [5, 5.41) is 11.6. The van der Waals surface area contributed by atoms with Gasteiger partial charge in [0.05, 0.1) is 7.11 Å². The normalized spacial score (nSPS) is 13.4. The molecule has 0 aliphatic rings. The number of nitrogens with one attached hydrogen (secondary N) is 1. The van der Waals surface area contributed by atoms with E-state index in [1.807, 2.05) is 6.92 Å². The molecule has 0 aliphatic heterocycles. The maximum absolute atomic E-state index is 12.1. The van der Waals surface area contributed by atoms with Crippen molar-refractivity contribution in [2.75, 3.05) is 7.11 Å². The maximum Gasteiger partial charge on any atom is 0.326 e. The number of carbonyl (C=O) groups excluding carboxylic acids is 1. The van der Waals surface area contributed by atoms with Gasteiger partial charge in [-0.25, -0.2) is 9.78 Å². The number of nitrogens with zero attached hydrogens (tertiary/aromatic N) is 1. The third kappa shape index (κ3) is 3.67. The van der Waals surface area contributed by atoms with Gasteiger partial charge in [-0.15, -0.1) is 0 Å². The monoisotopic (exact) mass is 266 g/mol. The number of aliphatic carboxylic acids is 1. The first-order valence-corrected chi connectivity index (χ1v) is 6.03. The Balaban J connectivity index is 2.91. The molecule has 104 valence electrons. The number of amides is 1. The molecule has 0 aromatic carbocycles. The molecule has 1 amide bonds. The highest BCUT2D eigenvalue weighted by molar-refractivity contribution is 5.98. The van der Waals surface area contributed by atoms with Gasteiger partial charge in [0.2, 0.25) is 5.88 Å². The smallest absolute Gasteiger partial charge is 0.326 e. The number of ether oxygens (including phenoxy) is 1. The van der Waals surface area contributed by atoms with Crippen molar-refractivity contribution in [3.05, 3.63) is 23.9 Å². The van der Waals surface area contributed by atoms with E-state index >= 15 is 0 Å². The Labute approximate surface area is 111 Å². The summed E-state index contributed by atoms with van der Waals surface area (Å²) in [5.74, 6) is -1.54. The largest absolute Gasteiger partial charge is 0.480 e. The van der Waals surface area contributed by atoms with Gasteiger partial charge in [0.15, 0.2) is 0 Å². The Morgan fingerprint density at radius 3 is 2.74 bits per heavy atom. The van der Waals surface area contributed by atoms with Crippen LogP contribution >= 0.6 is 0 Å². The van der Waals surface area contributed by atoms with E-state index in [1.165, 1.54) is 19.4 Å². The van der Waals surface area contributed by atoms with Gasteiger partial charge in [-0.2, -0.15) is 0 Å². The van der Waals surface area contributed by atoms with Crippen LogP contribution in [0.5, 0.6) is 5.88 Å². The lowest BCUT2D eigenvalue weighted by atomic mass is 9.99. The minimum Gasteiger partial charge on any atom is -0.480 e. The quantitative estimate of drug-likeness (QED) is 0.810. The van der Waals surface area contributed by atoms with Gasteiger partial charge in [-0.3, -0.25) is 4.79 Å². The number of methoxy groups -OCH3 is 1. The van der Waals surface area contributed by atoms with Crippen LogP contribution in [0.1, 0.15) is 30.6 Å². The van der Waals surface area contributed by atoms with E-state index in [2.05, 4.69) is 10.3 Å². The van der Waals surface area contributed by atoms with Crippen LogP contribution in [0.4, 0.5) is 0 Å². The lowest BCUT2D eigenvalue weighted by Gasteiger charge is -2.20. The van der Waals surface area contributed by atoms with E-state index in [4.69, 9.17) is 9.84 Å². The first-order chi connectivity index (χ1) is 9.01. The van der Waals surface area contributed by atoms with Crippen molar-refractivity contribution in [1.29, 1.82) is 0 Å². The molecule has 2 N–H and O–H groups in total. The number of carbonyl (C=O) groups is 2. The molecular formula is C13H18N2O4. The molecule has 2 unspecified atom stereocenters. The number of pyridine rings is 1. The molecule has 1 heterocycles. The number of hydrogen-bond acceptors (Lipinski definition) is 4. The van der Waals surface area contributed by atoms with Crippen LogP contribution in [-0.4, -0.2) is 35.1 Å². The van der Waals surface area contributed by atoms with E-state index in [0.717, 1.165) is 0 Å². The average molecular weight is 266 g/mol. The van der Waals surface area contributed by atoms with E-state index in [1.54, 1.807) is 13.0 Å². The second kappa shape index (κ2) is 6.72. The highest BCUT2D eigenvalue weighted by Gasteiger charge is 2.26. The fourth-order valence-corrected chi connectivity index (χ4v) is 1.63. The van der Waals surface area contributed by atoms with Gasteiger partial charge in [0.25, 0.3) is 5.91 Å². The highest BCUT2D eigenvalue weighted by atomic mass is 16.5. The summed E-state index contributed by atoms with van der Waals surface area (Å²) in [7, 11) is 1.41. The number of aromatic nitrogens is 1. The molecule has 1 rings (SSSR count). The molecule has 2 atom stereocenters. The molecule has 19 heavy (non-hydrogen) atoms. The maximum atomic E-state index is 12.1. The van der Waals surface area contributed by atoms with Crippen molar-refractivity contribution in [1.82, 2.24) is 10.3 Å². The van der Waals surface area contributed by atoms with E-state index in [0.29, 0.717) is 6.42 Å². The van der Waals surface area contributed by atoms with E-state index in [9.17, 15) is 9.59 Å². The fraction of sp³-hybridized carbons (Fsp3) is 0.462. The third-order valence-electron chi connectivity index (χ3n) is 2.97. The Morgan fingerprint density at radius 1 is 1.53 bits per heavy atom. The van der Waals surface area contributed by atoms with Crippen molar-refractivity contribution >= 4 is 11.9 Å². The molecule has 0 bridgehead atoms. The van der Waals surface area contributed by atoms with Crippen LogP contribution in [0, 0.1) is 5.92 Å². The zero-order valence-electron chi connectivity index (χ0n) is 11.2. The summed E-state index contributed by atoms with van der Waals surface area (Å²) < 4.78 is 4.98. The van der Waals surface area contributed by atoms with E-state index < -0.39 is 17.9 Å². The molecule has 0 saturated heterocycles. The van der Waals surface area contributed by atoms with Crippen LogP contribution in [0.2, 0.25) is 0 Å². The average Bonchev–Trinajstić information content (AvgIpc) is 2.43. The summed E-state index contributed by atoms with van der Waals surface area (Å²) >= 11 is 0. The topological polar surface area (TPSA) is 88.5 Å². The number of rotatable bonds is 6. The molecule has 1 aromatic heterocycles. The van der Waals surface area contributed by atoms with Crippen LogP contribution in [-0.2, 0) is 4.79 Å². The Kier molecular flexibility index (Phi) is 5.29. The number of carboxylic acids is 1. The molecule has 0 fully saturated rings. The van der Waals surface area contributed by atoms with Gasteiger partial charge in [0, 0.05) is 6.20 Å². The minimum atomic E-state index is -1.05. The second-order valence-corrected chi connectivity index (χ2v) is 4.24. The zero-order valence-corrected chi connectivity index (χ0v) is 11.2. The predicted octanol–water partition coefficient (Wildman–Crippen LogP) is 1.32. The summed E-state index contributed by atoms with van der Waals surface area (Å²) in [6, 6.07) is 2.20. The molecule has 0 saturated carbocycles. The molecule has 0 aliphatic carbocycles. The fourth-order valence-electron chi connectivity index (χ4n) is 1.63. The lowest BCUT2D eigenvalue weighted by molar-refractivity contribution is -0.140. The third-order valence-corrected chi connectivity index (χ3v) is 2.97. The number of hydrogen-bond donors (Lipinski definition) is 2. The Morgan fingerprint density at radius 2 is 2.21 bits per heavy atom. The van der Waals surface area contributed by atoms with Crippen molar-refractivity contribution in [3.8, 4) is 5.88 Å². The van der Waals surface area contributed by atoms with Crippen molar-refractivity contribution < 1.29 is 19.4 Å². The van der Waals surface area contributed by atoms with Gasteiger partial charge >= 0.3 is 5.97 Å². The zero-order chi connectivity index (χ0) is 14.4. The Hall–Kier alpha value is -2.11. The van der Waals surface area contributed by atoms with Gasteiger partial charge in [-0.05, 0) is 18.1 Å². The van der Waals surface area contributed by atoms with Gasteiger partial charge < -0.3 is 15.2 Å².